The lowest BCUT2D eigenvalue weighted by Gasteiger charge is -2.14. The molecule has 2 heterocycles. The van der Waals surface area contributed by atoms with Crippen LogP contribution in [0, 0.1) is 13.8 Å². The topological polar surface area (TPSA) is 62.7 Å². The van der Waals surface area contributed by atoms with E-state index in [9.17, 15) is 0 Å². The van der Waals surface area contributed by atoms with E-state index >= 15 is 0 Å². The summed E-state index contributed by atoms with van der Waals surface area (Å²) in [6, 6.07) is 12.7. The van der Waals surface area contributed by atoms with Crippen LogP contribution in [0.3, 0.4) is 0 Å². The Labute approximate surface area is 147 Å². The Hall–Kier alpha value is -2.95. The SMILES string of the molecule is Cc1cccc(C)c1Nc1cc(-c2ccncc2)nc(NC2CC2)n1. The number of nitrogens with zero attached hydrogens (tertiary/aromatic N) is 3. The number of nitrogens with one attached hydrogen (secondary N) is 2. The molecular weight excluding hydrogens is 310 g/mol. The van der Waals surface area contributed by atoms with E-state index in [1.165, 1.54) is 24.0 Å². The van der Waals surface area contributed by atoms with Crippen LogP contribution in [-0.4, -0.2) is 21.0 Å². The molecule has 1 aromatic carbocycles. The largest absolute Gasteiger partial charge is 0.351 e. The third-order valence-electron chi connectivity index (χ3n) is 4.35. The lowest BCUT2D eigenvalue weighted by Crippen LogP contribution is -2.08. The molecule has 0 amide bonds. The molecule has 1 fully saturated rings. The molecule has 2 N–H and O–H groups in total. The summed E-state index contributed by atoms with van der Waals surface area (Å²) < 4.78 is 0. The molecule has 0 atom stereocenters. The van der Waals surface area contributed by atoms with Crippen molar-refractivity contribution in [3.05, 3.63) is 59.9 Å². The van der Waals surface area contributed by atoms with E-state index in [-0.39, 0.29) is 0 Å². The first-order valence-electron chi connectivity index (χ1n) is 8.58. The molecule has 4 rings (SSSR count). The number of aryl methyl sites for hydroxylation is 2. The molecule has 2 aromatic heterocycles. The maximum Gasteiger partial charge on any atom is 0.225 e. The van der Waals surface area contributed by atoms with Gasteiger partial charge < -0.3 is 10.6 Å². The van der Waals surface area contributed by atoms with E-state index in [1.807, 2.05) is 18.2 Å². The molecule has 0 bridgehead atoms. The van der Waals surface area contributed by atoms with Gasteiger partial charge in [-0.15, -0.1) is 0 Å². The van der Waals surface area contributed by atoms with Crippen LogP contribution < -0.4 is 10.6 Å². The zero-order chi connectivity index (χ0) is 17.2. The molecule has 5 heteroatoms. The van der Waals surface area contributed by atoms with Crippen molar-refractivity contribution >= 4 is 17.5 Å². The van der Waals surface area contributed by atoms with Gasteiger partial charge in [-0.3, -0.25) is 4.98 Å². The maximum absolute atomic E-state index is 4.68. The molecule has 25 heavy (non-hydrogen) atoms. The number of pyridine rings is 1. The summed E-state index contributed by atoms with van der Waals surface area (Å²) in [6.45, 7) is 4.20. The molecule has 0 unspecified atom stereocenters. The number of anilines is 3. The maximum atomic E-state index is 4.68. The fourth-order valence-electron chi connectivity index (χ4n) is 2.80. The second-order valence-corrected chi connectivity index (χ2v) is 6.51. The molecule has 0 aliphatic heterocycles. The van der Waals surface area contributed by atoms with Gasteiger partial charge in [0.05, 0.1) is 5.69 Å². The highest BCUT2D eigenvalue weighted by atomic mass is 15.2. The van der Waals surface area contributed by atoms with Crippen LogP contribution in [-0.2, 0) is 0 Å². The zero-order valence-corrected chi connectivity index (χ0v) is 14.5. The van der Waals surface area contributed by atoms with Crippen LogP contribution in [0.4, 0.5) is 17.5 Å². The van der Waals surface area contributed by atoms with Gasteiger partial charge in [0, 0.05) is 35.8 Å². The minimum atomic E-state index is 0.501. The molecule has 1 aliphatic rings. The second kappa shape index (κ2) is 6.51. The smallest absolute Gasteiger partial charge is 0.225 e. The van der Waals surface area contributed by atoms with Crippen molar-refractivity contribution < 1.29 is 0 Å². The minimum Gasteiger partial charge on any atom is -0.351 e. The van der Waals surface area contributed by atoms with Crippen LogP contribution in [0.2, 0.25) is 0 Å². The molecule has 5 nitrogen and oxygen atoms in total. The van der Waals surface area contributed by atoms with E-state index in [1.54, 1.807) is 12.4 Å². The molecule has 126 valence electrons. The Morgan fingerprint density at radius 3 is 2.36 bits per heavy atom. The number of aromatic nitrogens is 3. The van der Waals surface area contributed by atoms with E-state index in [4.69, 9.17) is 0 Å². The van der Waals surface area contributed by atoms with Crippen molar-refractivity contribution in [1.82, 2.24) is 15.0 Å². The fraction of sp³-hybridized carbons (Fsp3) is 0.250. The van der Waals surface area contributed by atoms with Crippen molar-refractivity contribution in [2.75, 3.05) is 10.6 Å². The van der Waals surface area contributed by atoms with Crippen LogP contribution in [0.5, 0.6) is 0 Å². The van der Waals surface area contributed by atoms with Gasteiger partial charge in [0.15, 0.2) is 0 Å². The summed E-state index contributed by atoms with van der Waals surface area (Å²) in [7, 11) is 0. The number of benzene rings is 1. The number of hydrogen-bond acceptors (Lipinski definition) is 5. The average Bonchev–Trinajstić information content (AvgIpc) is 3.43. The fourth-order valence-corrected chi connectivity index (χ4v) is 2.80. The van der Waals surface area contributed by atoms with Crippen LogP contribution >= 0.6 is 0 Å². The molecular formula is C20H21N5. The van der Waals surface area contributed by atoms with Gasteiger partial charge in [-0.05, 0) is 49.9 Å². The molecule has 3 aromatic rings. The highest BCUT2D eigenvalue weighted by molar-refractivity contribution is 5.70. The average molecular weight is 331 g/mol. The number of para-hydroxylation sites is 1. The highest BCUT2D eigenvalue weighted by Gasteiger charge is 2.22. The number of hydrogen-bond donors (Lipinski definition) is 2. The molecule has 0 saturated heterocycles. The minimum absolute atomic E-state index is 0.501. The van der Waals surface area contributed by atoms with Crippen molar-refractivity contribution in [2.45, 2.75) is 32.7 Å². The predicted octanol–water partition coefficient (Wildman–Crippen LogP) is 4.47. The van der Waals surface area contributed by atoms with Gasteiger partial charge in [-0.1, -0.05) is 18.2 Å². The highest BCUT2D eigenvalue weighted by Crippen LogP contribution is 2.29. The predicted molar refractivity (Wildman–Crippen MR) is 101 cm³/mol. The first-order chi connectivity index (χ1) is 12.2. The summed E-state index contributed by atoms with van der Waals surface area (Å²) in [4.78, 5) is 13.4. The van der Waals surface area contributed by atoms with E-state index in [0.717, 1.165) is 22.8 Å². The van der Waals surface area contributed by atoms with E-state index in [2.05, 4.69) is 57.6 Å². The third kappa shape index (κ3) is 3.60. The summed E-state index contributed by atoms with van der Waals surface area (Å²) in [6.07, 6.45) is 5.93. The van der Waals surface area contributed by atoms with Crippen molar-refractivity contribution in [3.63, 3.8) is 0 Å². The first-order valence-corrected chi connectivity index (χ1v) is 8.58. The van der Waals surface area contributed by atoms with Gasteiger partial charge in [-0.2, -0.15) is 4.98 Å². The first kappa shape index (κ1) is 15.6. The molecule has 1 aliphatic carbocycles. The summed E-state index contributed by atoms with van der Waals surface area (Å²) in [5.74, 6) is 1.47. The summed E-state index contributed by atoms with van der Waals surface area (Å²) in [5, 5.41) is 6.88. The summed E-state index contributed by atoms with van der Waals surface area (Å²) in [5.41, 5.74) is 5.40. The molecule has 0 spiro atoms. The number of rotatable bonds is 5. The lowest BCUT2D eigenvalue weighted by molar-refractivity contribution is 1.06. The van der Waals surface area contributed by atoms with Crippen LogP contribution in [0.15, 0.2) is 48.8 Å². The Bertz CT molecular complexity index is 868. The second-order valence-electron chi connectivity index (χ2n) is 6.51. The Morgan fingerprint density at radius 1 is 0.960 bits per heavy atom. The monoisotopic (exact) mass is 331 g/mol. The standard InChI is InChI=1S/C20H21N5/c1-13-4-3-5-14(2)19(13)24-18-12-17(15-8-10-21-11-9-15)23-20(25-18)22-16-6-7-16/h3-5,8-12,16H,6-7H2,1-2H3,(H2,22,23,24,25). The van der Waals surface area contributed by atoms with Crippen LogP contribution in [0.25, 0.3) is 11.3 Å². The lowest BCUT2D eigenvalue weighted by atomic mass is 10.1. The Morgan fingerprint density at radius 2 is 1.68 bits per heavy atom. The molecule has 0 radical (unpaired) electrons. The van der Waals surface area contributed by atoms with E-state index < -0.39 is 0 Å². The normalized spacial score (nSPS) is 13.5. The van der Waals surface area contributed by atoms with Crippen molar-refractivity contribution in [3.8, 4) is 11.3 Å². The van der Waals surface area contributed by atoms with Crippen LogP contribution in [0.1, 0.15) is 24.0 Å². The van der Waals surface area contributed by atoms with E-state index in [0.29, 0.717) is 12.0 Å². The Balaban J connectivity index is 1.73. The van der Waals surface area contributed by atoms with Gasteiger partial charge in [0.25, 0.3) is 0 Å². The quantitative estimate of drug-likeness (QED) is 0.722. The van der Waals surface area contributed by atoms with Gasteiger partial charge in [0.1, 0.15) is 5.82 Å². The zero-order valence-electron chi connectivity index (χ0n) is 14.5. The summed E-state index contributed by atoms with van der Waals surface area (Å²) >= 11 is 0. The van der Waals surface area contributed by atoms with Gasteiger partial charge >= 0.3 is 0 Å². The Kier molecular flexibility index (Phi) is 4.06. The van der Waals surface area contributed by atoms with Gasteiger partial charge in [0.2, 0.25) is 5.95 Å². The van der Waals surface area contributed by atoms with Crippen molar-refractivity contribution in [2.24, 2.45) is 0 Å². The van der Waals surface area contributed by atoms with Gasteiger partial charge in [-0.25, -0.2) is 4.98 Å². The molecule has 1 saturated carbocycles. The van der Waals surface area contributed by atoms with Crippen molar-refractivity contribution in [1.29, 1.82) is 0 Å². The third-order valence-corrected chi connectivity index (χ3v) is 4.35.